The second-order valence-corrected chi connectivity index (χ2v) is 3.20. The Morgan fingerprint density at radius 3 is 2.73 bits per heavy atom. The molecule has 1 aliphatic heterocycles. The van der Waals surface area contributed by atoms with E-state index in [1.165, 1.54) is 0 Å². The molecule has 0 radical (unpaired) electrons. The Labute approximate surface area is 68.8 Å². The molecule has 2 aliphatic rings. The highest BCUT2D eigenvalue weighted by atomic mass is 16.6. The van der Waals surface area contributed by atoms with Crippen LogP contribution in [-0.4, -0.2) is 35.1 Å². The molecule has 4 atom stereocenters. The fourth-order valence-corrected chi connectivity index (χ4v) is 1.62. The van der Waals surface area contributed by atoms with Crippen molar-refractivity contribution in [3.05, 3.63) is 0 Å². The minimum absolute atomic E-state index is 0.125. The summed E-state index contributed by atoms with van der Waals surface area (Å²) in [6.45, 7) is 0.544. The van der Waals surface area contributed by atoms with Crippen molar-refractivity contribution in [2.45, 2.75) is 37.5 Å². The van der Waals surface area contributed by atoms with E-state index in [4.69, 9.17) is 7.48 Å². The van der Waals surface area contributed by atoms with Crippen molar-refractivity contribution in [1.29, 1.82) is 0 Å². The van der Waals surface area contributed by atoms with E-state index in [1.807, 2.05) is 0 Å². The third-order valence-corrected chi connectivity index (χ3v) is 2.38. The van der Waals surface area contributed by atoms with Crippen LogP contribution in [0.25, 0.3) is 0 Å². The van der Waals surface area contributed by atoms with Gasteiger partial charge in [0, 0.05) is 5.92 Å². The van der Waals surface area contributed by atoms with Crippen LogP contribution < -0.4 is 0 Å². The smallest absolute Gasteiger partial charge is 0.0863 e. The lowest BCUT2D eigenvalue weighted by Crippen LogP contribution is -2.39. The Balaban J connectivity index is 2.18. The zero-order chi connectivity index (χ0) is 9.69. The van der Waals surface area contributed by atoms with E-state index in [9.17, 15) is 10.2 Å². The highest BCUT2D eigenvalue weighted by Gasteiger charge is 2.41. The highest BCUT2D eigenvalue weighted by Crippen LogP contribution is 2.33. The van der Waals surface area contributed by atoms with Crippen molar-refractivity contribution in [2.75, 3.05) is 6.61 Å². The summed E-state index contributed by atoms with van der Waals surface area (Å²) in [6.07, 6.45) is -2.75. The normalized spacial score (nSPS) is 66.7. The fraction of sp³-hybridized carbons (Fsp3) is 1.00. The lowest BCUT2D eigenvalue weighted by Gasteiger charge is -2.30. The van der Waals surface area contributed by atoms with Crippen LogP contribution in [0, 0.1) is 5.92 Å². The van der Waals surface area contributed by atoms with E-state index >= 15 is 0 Å². The molecule has 1 heterocycles. The van der Waals surface area contributed by atoms with Crippen molar-refractivity contribution in [2.24, 2.45) is 5.92 Å². The van der Waals surface area contributed by atoms with Crippen molar-refractivity contribution < 1.29 is 17.7 Å². The van der Waals surface area contributed by atoms with Gasteiger partial charge in [0.2, 0.25) is 0 Å². The molecule has 3 heteroatoms. The van der Waals surface area contributed by atoms with Crippen LogP contribution in [0.5, 0.6) is 0 Å². The predicted molar refractivity (Wildman–Crippen MR) is 39.1 cm³/mol. The van der Waals surface area contributed by atoms with E-state index in [0.717, 1.165) is 0 Å². The molecule has 1 saturated carbocycles. The minimum Gasteiger partial charge on any atom is -0.390 e. The van der Waals surface area contributed by atoms with Gasteiger partial charge in [-0.2, -0.15) is 0 Å². The third kappa shape index (κ3) is 1.41. The third-order valence-electron chi connectivity index (χ3n) is 2.38. The van der Waals surface area contributed by atoms with Gasteiger partial charge < -0.3 is 14.9 Å². The number of ether oxygens (including phenoxy) is 1. The molecular formula is C8H14O3. The molecule has 1 aliphatic carbocycles. The molecule has 4 unspecified atom stereocenters. The molecule has 0 spiro atoms. The van der Waals surface area contributed by atoms with Crippen LogP contribution in [-0.2, 0) is 4.74 Å². The van der Waals surface area contributed by atoms with E-state index in [2.05, 4.69) is 0 Å². The van der Waals surface area contributed by atoms with Gasteiger partial charge in [-0.05, 0) is 12.8 Å². The van der Waals surface area contributed by atoms with Crippen LogP contribution in [0.4, 0.5) is 0 Å². The number of rotatable bonds is 1. The fourth-order valence-electron chi connectivity index (χ4n) is 1.62. The molecule has 11 heavy (non-hydrogen) atoms. The average molecular weight is 160 g/mol. The molecule has 0 aromatic rings. The van der Waals surface area contributed by atoms with Crippen molar-refractivity contribution >= 4 is 0 Å². The van der Waals surface area contributed by atoms with Gasteiger partial charge in [-0.25, -0.2) is 0 Å². The van der Waals surface area contributed by atoms with Gasteiger partial charge in [-0.3, -0.25) is 0 Å². The van der Waals surface area contributed by atoms with E-state index in [-0.39, 0.29) is 12.5 Å². The van der Waals surface area contributed by atoms with Crippen LogP contribution >= 0.6 is 0 Å². The summed E-state index contributed by atoms with van der Waals surface area (Å²) in [5, 5.41) is 19.2. The summed E-state index contributed by atoms with van der Waals surface area (Å²) in [4.78, 5) is 0. The SMILES string of the molecule is [2H]C1(O)CCCC(C2CO2)C1([2H])O. The van der Waals surface area contributed by atoms with Crippen LogP contribution in [0.3, 0.4) is 0 Å². The van der Waals surface area contributed by atoms with Gasteiger partial charge in [-0.1, -0.05) is 6.42 Å². The van der Waals surface area contributed by atoms with Crippen LogP contribution in [0.2, 0.25) is 0 Å². The first-order valence-electron chi connectivity index (χ1n) is 5.01. The summed E-state index contributed by atoms with van der Waals surface area (Å²) in [5.74, 6) is -0.413. The number of aliphatic hydroxyl groups is 2. The molecule has 0 aromatic carbocycles. The molecule has 2 rings (SSSR count). The van der Waals surface area contributed by atoms with Crippen molar-refractivity contribution in [3.63, 3.8) is 0 Å². The largest absolute Gasteiger partial charge is 0.390 e. The van der Waals surface area contributed by atoms with Gasteiger partial charge in [0.15, 0.2) is 0 Å². The molecule has 2 N–H and O–H groups in total. The number of hydrogen-bond acceptors (Lipinski definition) is 3. The summed E-state index contributed by atoms with van der Waals surface area (Å²) in [7, 11) is 0. The molecule has 0 amide bonds. The Hall–Kier alpha value is -0.120. The Bertz CT molecular complexity index is 213. The maximum Gasteiger partial charge on any atom is 0.0863 e. The maximum absolute atomic E-state index is 9.72. The summed E-state index contributed by atoms with van der Waals surface area (Å²) in [5.41, 5.74) is 0. The molecule has 0 aromatic heterocycles. The Kier molecular flexibility index (Phi) is 1.37. The molecule has 0 bridgehead atoms. The van der Waals surface area contributed by atoms with E-state index in [0.29, 0.717) is 19.4 Å². The lowest BCUT2D eigenvalue weighted by molar-refractivity contribution is -0.0514. The second kappa shape index (κ2) is 2.73. The van der Waals surface area contributed by atoms with E-state index < -0.39 is 18.1 Å². The maximum atomic E-state index is 9.72. The molecule has 64 valence electrons. The first-order valence-corrected chi connectivity index (χ1v) is 4.01. The van der Waals surface area contributed by atoms with Crippen molar-refractivity contribution in [3.8, 4) is 0 Å². The lowest BCUT2D eigenvalue weighted by atomic mass is 9.83. The summed E-state index contributed by atoms with van der Waals surface area (Å²) < 4.78 is 20.0. The van der Waals surface area contributed by atoms with Crippen molar-refractivity contribution in [1.82, 2.24) is 0 Å². The second-order valence-electron chi connectivity index (χ2n) is 3.20. The van der Waals surface area contributed by atoms with Gasteiger partial charge in [0.05, 0.1) is 27.6 Å². The predicted octanol–water partition coefficient (Wildman–Crippen LogP) is -0.0929. The highest BCUT2D eigenvalue weighted by molar-refractivity contribution is 4.90. The first-order chi connectivity index (χ1) is 5.95. The van der Waals surface area contributed by atoms with Gasteiger partial charge in [-0.15, -0.1) is 0 Å². The topological polar surface area (TPSA) is 53.0 Å². The zero-order valence-electron chi connectivity index (χ0n) is 8.29. The molecule has 2 fully saturated rings. The molecule has 1 saturated heterocycles. The molecule has 3 nitrogen and oxygen atoms in total. The first kappa shape index (κ1) is 5.51. The molecular weight excluding hydrogens is 144 g/mol. The summed E-state index contributed by atoms with van der Waals surface area (Å²) >= 11 is 0. The standard InChI is InChI=1S/C8H14O3/c9-6-3-1-2-5(8(6)10)7-4-11-7/h5-10H,1-4H2/i6D,8D. The van der Waals surface area contributed by atoms with E-state index in [1.54, 1.807) is 0 Å². The minimum atomic E-state index is -2.08. The average Bonchev–Trinajstić information content (AvgIpc) is 2.77. The number of hydrogen-bond donors (Lipinski definition) is 2. The quantitative estimate of drug-likeness (QED) is 0.527. The van der Waals surface area contributed by atoms with Crippen LogP contribution in [0.15, 0.2) is 0 Å². The monoisotopic (exact) mass is 160 g/mol. The Morgan fingerprint density at radius 1 is 1.36 bits per heavy atom. The van der Waals surface area contributed by atoms with Gasteiger partial charge in [0.1, 0.15) is 0 Å². The van der Waals surface area contributed by atoms with Gasteiger partial charge >= 0.3 is 0 Å². The van der Waals surface area contributed by atoms with Gasteiger partial charge in [0.25, 0.3) is 0 Å². The van der Waals surface area contributed by atoms with Crippen LogP contribution in [0.1, 0.15) is 22.0 Å². The Morgan fingerprint density at radius 2 is 2.09 bits per heavy atom. The summed E-state index contributed by atoms with van der Waals surface area (Å²) in [6, 6.07) is 0. The number of epoxide rings is 1. The zero-order valence-corrected chi connectivity index (χ0v) is 6.29.